The van der Waals surface area contributed by atoms with Gasteiger partial charge in [-0.15, -0.1) is 10.2 Å². The highest BCUT2D eigenvalue weighted by Crippen LogP contribution is 2.31. The minimum Gasteiger partial charge on any atom is -0.355 e. The van der Waals surface area contributed by atoms with Gasteiger partial charge in [0.15, 0.2) is 4.34 Å². The maximum atomic E-state index is 12.6. The van der Waals surface area contributed by atoms with Crippen molar-refractivity contribution < 1.29 is 4.79 Å². The van der Waals surface area contributed by atoms with Crippen LogP contribution in [0.15, 0.2) is 4.34 Å². The van der Waals surface area contributed by atoms with Crippen LogP contribution in [0.3, 0.4) is 0 Å². The number of rotatable bonds is 6. The van der Waals surface area contributed by atoms with Crippen LogP contribution < -0.4 is 5.32 Å². The third-order valence-corrected chi connectivity index (χ3v) is 4.89. The number of carbonyl (C=O) groups excluding carboxylic acids is 1. The number of amides is 1. The fourth-order valence-corrected chi connectivity index (χ4v) is 4.31. The molecule has 22 heavy (non-hydrogen) atoms. The summed E-state index contributed by atoms with van der Waals surface area (Å²) in [6.07, 6.45) is 0. The summed E-state index contributed by atoms with van der Waals surface area (Å²) in [5.41, 5.74) is -0.0466. The molecule has 1 atom stereocenters. The molecule has 0 aliphatic rings. The zero-order valence-corrected chi connectivity index (χ0v) is 16.4. The summed E-state index contributed by atoms with van der Waals surface area (Å²) in [5, 5.41) is 12.2. The molecular formula is C15H28N4OS2. The Hall–Kier alpha value is -0.820. The SMILES string of the molecule is CC(Sc1nnc(NC(C)(C)C)s1)C(=O)N(C(C)C)C(C)C. The highest BCUT2D eigenvalue weighted by Gasteiger charge is 2.26. The second-order valence-electron chi connectivity index (χ2n) is 6.94. The van der Waals surface area contributed by atoms with Crippen molar-refractivity contribution >= 4 is 34.1 Å². The Kier molecular flexibility index (Phi) is 6.67. The van der Waals surface area contributed by atoms with E-state index in [1.54, 1.807) is 0 Å². The van der Waals surface area contributed by atoms with E-state index in [2.05, 4.69) is 36.3 Å². The Morgan fingerprint density at radius 2 is 1.68 bits per heavy atom. The van der Waals surface area contributed by atoms with E-state index in [0.717, 1.165) is 9.47 Å². The predicted octanol–water partition coefficient (Wildman–Crippen LogP) is 3.87. The van der Waals surface area contributed by atoms with Gasteiger partial charge in [0.2, 0.25) is 11.0 Å². The summed E-state index contributed by atoms with van der Waals surface area (Å²) < 4.78 is 0.820. The van der Waals surface area contributed by atoms with E-state index in [1.165, 1.54) is 23.1 Å². The van der Waals surface area contributed by atoms with Gasteiger partial charge in [0.25, 0.3) is 0 Å². The lowest BCUT2D eigenvalue weighted by Crippen LogP contribution is -2.45. The molecule has 1 N–H and O–H groups in total. The minimum absolute atomic E-state index is 0.0466. The van der Waals surface area contributed by atoms with Crippen molar-refractivity contribution in [1.29, 1.82) is 0 Å². The zero-order valence-electron chi connectivity index (χ0n) is 14.8. The smallest absolute Gasteiger partial charge is 0.236 e. The molecule has 0 fully saturated rings. The van der Waals surface area contributed by atoms with Gasteiger partial charge in [-0.1, -0.05) is 23.1 Å². The molecule has 7 heteroatoms. The maximum absolute atomic E-state index is 12.6. The maximum Gasteiger partial charge on any atom is 0.236 e. The van der Waals surface area contributed by atoms with Crippen LogP contribution in [0.5, 0.6) is 0 Å². The molecule has 1 heterocycles. The van der Waals surface area contributed by atoms with Crippen LogP contribution in [0.1, 0.15) is 55.4 Å². The zero-order chi connectivity index (χ0) is 17.1. The molecule has 0 bridgehead atoms. The molecule has 0 radical (unpaired) electrons. The summed E-state index contributed by atoms with van der Waals surface area (Å²) >= 11 is 2.97. The molecule has 1 unspecified atom stereocenters. The first-order valence-corrected chi connectivity index (χ1v) is 9.31. The van der Waals surface area contributed by atoms with E-state index in [9.17, 15) is 4.79 Å². The van der Waals surface area contributed by atoms with Crippen molar-refractivity contribution in [3.8, 4) is 0 Å². The van der Waals surface area contributed by atoms with E-state index in [-0.39, 0.29) is 28.8 Å². The Morgan fingerprint density at radius 1 is 1.14 bits per heavy atom. The van der Waals surface area contributed by atoms with E-state index in [4.69, 9.17) is 0 Å². The lowest BCUT2D eigenvalue weighted by molar-refractivity contribution is -0.133. The Bertz CT molecular complexity index is 486. The van der Waals surface area contributed by atoms with Gasteiger partial charge in [-0.3, -0.25) is 4.79 Å². The molecule has 126 valence electrons. The lowest BCUT2D eigenvalue weighted by Gasteiger charge is -2.32. The van der Waals surface area contributed by atoms with Crippen molar-refractivity contribution in [1.82, 2.24) is 15.1 Å². The van der Waals surface area contributed by atoms with Crippen molar-refractivity contribution in [2.75, 3.05) is 5.32 Å². The van der Waals surface area contributed by atoms with E-state index < -0.39 is 0 Å². The number of nitrogens with zero attached hydrogens (tertiary/aromatic N) is 3. The quantitative estimate of drug-likeness (QED) is 0.794. The molecule has 1 aromatic rings. The molecule has 0 spiro atoms. The summed E-state index contributed by atoms with van der Waals surface area (Å²) in [4.78, 5) is 14.5. The van der Waals surface area contributed by atoms with Gasteiger partial charge in [-0.25, -0.2) is 0 Å². The minimum atomic E-state index is -0.166. The number of hydrogen-bond acceptors (Lipinski definition) is 6. The van der Waals surface area contributed by atoms with Crippen LogP contribution in [0.25, 0.3) is 0 Å². The molecule has 5 nitrogen and oxygen atoms in total. The second-order valence-corrected chi connectivity index (χ2v) is 9.51. The Morgan fingerprint density at radius 3 is 2.14 bits per heavy atom. The highest BCUT2D eigenvalue weighted by atomic mass is 32.2. The summed E-state index contributed by atoms with van der Waals surface area (Å²) in [5.74, 6) is 0.149. The normalized spacial score (nSPS) is 13.5. The topological polar surface area (TPSA) is 58.1 Å². The number of aromatic nitrogens is 2. The van der Waals surface area contributed by atoms with Gasteiger partial charge in [0, 0.05) is 17.6 Å². The average Bonchev–Trinajstić information content (AvgIpc) is 2.72. The first-order chi connectivity index (χ1) is 10.0. The highest BCUT2D eigenvalue weighted by molar-refractivity contribution is 8.02. The molecule has 0 saturated carbocycles. The Labute approximate surface area is 142 Å². The predicted molar refractivity (Wildman–Crippen MR) is 95.7 cm³/mol. The number of hydrogen-bond donors (Lipinski definition) is 1. The summed E-state index contributed by atoms with van der Waals surface area (Å²) in [6, 6.07) is 0.395. The Balaban J connectivity index is 2.72. The van der Waals surface area contributed by atoms with Gasteiger partial charge in [-0.05, 0) is 55.4 Å². The van der Waals surface area contributed by atoms with Crippen LogP contribution >= 0.6 is 23.1 Å². The summed E-state index contributed by atoms with van der Waals surface area (Å²) in [6.45, 7) is 16.4. The van der Waals surface area contributed by atoms with Gasteiger partial charge >= 0.3 is 0 Å². The first kappa shape index (κ1) is 19.2. The molecule has 0 aromatic carbocycles. The van der Waals surface area contributed by atoms with E-state index >= 15 is 0 Å². The molecular weight excluding hydrogens is 316 g/mol. The molecule has 1 amide bonds. The van der Waals surface area contributed by atoms with Crippen molar-refractivity contribution in [2.45, 2.75) is 82.6 Å². The lowest BCUT2D eigenvalue weighted by atomic mass is 10.1. The van der Waals surface area contributed by atoms with Crippen LogP contribution in [-0.2, 0) is 4.79 Å². The number of carbonyl (C=O) groups is 1. The molecule has 0 saturated heterocycles. The van der Waals surface area contributed by atoms with E-state index in [1.807, 2.05) is 39.5 Å². The standard InChI is InChI=1S/C15H28N4OS2/c1-9(2)19(10(3)4)12(20)11(5)21-14-18-17-13(22-14)16-15(6,7)8/h9-11H,1-8H3,(H,16,17). The summed E-state index contributed by atoms with van der Waals surface area (Å²) in [7, 11) is 0. The molecule has 1 rings (SSSR count). The monoisotopic (exact) mass is 344 g/mol. The third kappa shape index (κ3) is 5.76. The van der Waals surface area contributed by atoms with Gasteiger partial charge in [0.05, 0.1) is 5.25 Å². The number of anilines is 1. The van der Waals surface area contributed by atoms with Crippen molar-refractivity contribution in [2.24, 2.45) is 0 Å². The molecule has 0 aliphatic carbocycles. The van der Waals surface area contributed by atoms with Gasteiger partial charge in [0.1, 0.15) is 0 Å². The van der Waals surface area contributed by atoms with Crippen molar-refractivity contribution in [3.63, 3.8) is 0 Å². The number of thioether (sulfide) groups is 1. The van der Waals surface area contributed by atoms with Crippen LogP contribution in [0.2, 0.25) is 0 Å². The molecule has 1 aromatic heterocycles. The van der Waals surface area contributed by atoms with E-state index in [0.29, 0.717) is 0 Å². The largest absolute Gasteiger partial charge is 0.355 e. The fraction of sp³-hybridized carbons (Fsp3) is 0.800. The first-order valence-electron chi connectivity index (χ1n) is 7.61. The second kappa shape index (κ2) is 7.64. The molecule has 0 aliphatic heterocycles. The third-order valence-electron chi connectivity index (χ3n) is 2.88. The van der Waals surface area contributed by atoms with Crippen LogP contribution in [-0.4, -0.2) is 43.9 Å². The number of nitrogens with one attached hydrogen (secondary N) is 1. The van der Waals surface area contributed by atoms with Crippen molar-refractivity contribution in [3.05, 3.63) is 0 Å². The van der Waals surface area contributed by atoms with Crippen LogP contribution in [0, 0.1) is 0 Å². The van der Waals surface area contributed by atoms with Gasteiger partial charge in [-0.2, -0.15) is 0 Å². The van der Waals surface area contributed by atoms with Crippen LogP contribution in [0.4, 0.5) is 5.13 Å². The van der Waals surface area contributed by atoms with Gasteiger partial charge < -0.3 is 10.2 Å². The fourth-order valence-electron chi connectivity index (χ4n) is 2.15. The average molecular weight is 345 g/mol.